The average molecular weight is 514 g/mol. The van der Waals surface area contributed by atoms with Crippen molar-refractivity contribution in [3.8, 4) is 5.82 Å². The molecule has 2 rings (SSSR count). The fourth-order valence-corrected chi connectivity index (χ4v) is 4.90. The van der Waals surface area contributed by atoms with Crippen molar-refractivity contribution >= 4 is 33.9 Å². The number of nitro groups is 1. The molecule has 1 atom stereocenters. The highest BCUT2D eigenvalue weighted by atomic mass is 35.5. The van der Waals surface area contributed by atoms with E-state index in [4.69, 9.17) is 20.5 Å². The number of hydrogen-bond donors (Lipinski definition) is 0. The number of rotatable bonds is 8. The van der Waals surface area contributed by atoms with Crippen molar-refractivity contribution < 1.29 is 13.8 Å². The van der Waals surface area contributed by atoms with E-state index in [1.54, 1.807) is 6.20 Å². The molecule has 9 nitrogen and oxygen atoms in total. The van der Waals surface area contributed by atoms with Gasteiger partial charge in [-0.1, -0.05) is 53.1 Å². The topological polar surface area (TPSA) is 105 Å². The van der Waals surface area contributed by atoms with Crippen LogP contribution in [0.4, 0.5) is 5.69 Å². The Hall–Kier alpha value is -1.67. The highest BCUT2D eigenvalue weighted by Crippen LogP contribution is 2.41. The van der Waals surface area contributed by atoms with Crippen LogP contribution in [-0.4, -0.2) is 48.1 Å². The van der Waals surface area contributed by atoms with Gasteiger partial charge in [-0.2, -0.15) is 5.10 Å². The Morgan fingerprint density at radius 3 is 2.15 bits per heavy atom. The predicted molar refractivity (Wildman–Crippen MR) is 135 cm³/mol. The molecular formula is C21H36ClN5O4Si2. The van der Waals surface area contributed by atoms with Crippen LogP contribution in [0.2, 0.25) is 41.3 Å². The number of nitrogens with zero attached hydrogens (tertiary/aromatic N) is 5. The molecule has 0 aliphatic heterocycles. The lowest BCUT2D eigenvalue weighted by atomic mass is 10.2. The van der Waals surface area contributed by atoms with E-state index >= 15 is 0 Å². The third kappa shape index (κ3) is 6.47. The number of halogens is 1. The van der Waals surface area contributed by atoms with E-state index in [0.717, 1.165) is 6.20 Å². The van der Waals surface area contributed by atoms with Gasteiger partial charge in [0.2, 0.25) is 0 Å². The second-order valence-electron chi connectivity index (χ2n) is 11.3. The predicted octanol–water partition coefficient (Wildman–Crippen LogP) is 6.31. The molecule has 0 amide bonds. The Kier molecular flexibility index (Phi) is 7.96. The minimum Gasteiger partial charge on any atom is -0.414 e. The first-order valence-corrected chi connectivity index (χ1v) is 17.1. The first-order chi connectivity index (χ1) is 14.9. The van der Waals surface area contributed by atoms with E-state index in [9.17, 15) is 10.1 Å². The second kappa shape index (κ2) is 9.53. The van der Waals surface area contributed by atoms with Gasteiger partial charge in [-0.25, -0.2) is 4.98 Å². The lowest BCUT2D eigenvalue weighted by Gasteiger charge is -2.41. The van der Waals surface area contributed by atoms with Crippen molar-refractivity contribution in [2.24, 2.45) is 0 Å². The van der Waals surface area contributed by atoms with Gasteiger partial charge in [-0.15, -0.1) is 9.90 Å². The number of hydrogen-bond acceptors (Lipinski definition) is 7. The van der Waals surface area contributed by atoms with Gasteiger partial charge < -0.3 is 8.85 Å². The summed E-state index contributed by atoms with van der Waals surface area (Å²) >= 11 is 6.22. The summed E-state index contributed by atoms with van der Waals surface area (Å²) in [6, 6.07) is 1.23. The van der Waals surface area contributed by atoms with Crippen molar-refractivity contribution in [2.45, 2.75) is 83.9 Å². The van der Waals surface area contributed by atoms with Gasteiger partial charge in [0.25, 0.3) is 5.69 Å². The first kappa shape index (κ1) is 27.6. The summed E-state index contributed by atoms with van der Waals surface area (Å²) in [7, 11) is -4.17. The van der Waals surface area contributed by atoms with Crippen LogP contribution in [0.3, 0.4) is 0 Å². The van der Waals surface area contributed by atoms with E-state index < -0.39 is 27.7 Å². The summed E-state index contributed by atoms with van der Waals surface area (Å²) in [6.07, 6.45) is 2.34. The van der Waals surface area contributed by atoms with E-state index in [1.807, 2.05) is 0 Å². The largest absolute Gasteiger partial charge is 0.414 e. The van der Waals surface area contributed by atoms with Crippen LogP contribution < -0.4 is 0 Å². The van der Waals surface area contributed by atoms with E-state index in [1.165, 1.54) is 10.9 Å². The molecule has 0 saturated heterocycles. The third-order valence-electron chi connectivity index (χ3n) is 6.69. The van der Waals surface area contributed by atoms with Crippen molar-refractivity contribution in [3.63, 3.8) is 0 Å². The molecule has 0 N–H and O–H groups in total. The summed E-state index contributed by atoms with van der Waals surface area (Å²) in [5, 5.41) is 20.0. The maximum absolute atomic E-state index is 11.0. The fraction of sp³-hybridized carbons (Fsp3) is 0.667. The quantitative estimate of drug-likeness (QED) is 0.231. The number of aromatic nitrogens is 4. The molecule has 0 saturated carbocycles. The smallest absolute Gasteiger partial charge is 0.289 e. The van der Waals surface area contributed by atoms with Crippen LogP contribution in [0, 0.1) is 10.1 Å². The van der Waals surface area contributed by atoms with Gasteiger partial charge in [-0.3, -0.25) is 10.1 Å². The summed E-state index contributed by atoms with van der Waals surface area (Å²) in [5.74, 6) is 0.213. The van der Waals surface area contributed by atoms with Crippen LogP contribution in [0.25, 0.3) is 5.82 Å². The van der Waals surface area contributed by atoms with Crippen molar-refractivity contribution in [1.29, 1.82) is 0 Å². The molecule has 0 aliphatic carbocycles. The maximum atomic E-state index is 11.0. The van der Waals surface area contributed by atoms with Crippen molar-refractivity contribution in [1.82, 2.24) is 20.0 Å². The normalized spacial score (nSPS) is 14.4. The Bertz CT molecular complexity index is 999. The monoisotopic (exact) mass is 513 g/mol. The minimum atomic E-state index is -2.15. The standard InChI is InChI=1S/C21H36ClN5O4Si2/c1-20(2,3)32(7,8)30-14-18(31-33(9,10)21(4,5)6)17-13-24-26(25-17)19-16(22)11-15(12-23-19)27(28)29/h11-13,18H,14H2,1-10H3. The van der Waals surface area contributed by atoms with Crippen LogP contribution >= 0.6 is 11.6 Å². The molecule has 1 unspecified atom stereocenters. The van der Waals surface area contributed by atoms with Gasteiger partial charge in [0.1, 0.15) is 18.0 Å². The highest BCUT2D eigenvalue weighted by Gasteiger charge is 2.42. The van der Waals surface area contributed by atoms with Crippen molar-refractivity contribution in [2.75, 3.05) is 6.61 Å². The van der Waals surface area contributed by atoms with Gasteiger partial charge >= 0.3 is 0 Å². The molecule has 33 heavy (non-hydrogen) atoms. The van der Waals surface area contributed by atoms with Gasteiger partial charge in [-0.05, 0) is 36.3 Å². The molecule has 2 aromatic heterocycles. The Balaban J connectivity index is 2.40. The zero-order valence-electron chi connectivity index (χ0n) is 21.3. The van der Waals surface area contributed by atoms with Crippen LogP contribution in [0.5, 0.6) is 0 Å². The maximum Gasteiger partial charge on any atom is 0.289 e. The summed E-state index contributed by atoms with van der Waals surface area (Å²) in [5.41, 5.74) is 0.410. The van der Waals surface area contributed by atoms with E-state index in [0.29, 0.717) is 12.3 Å². The van der Waals surface area contributed by atoms with Gasteiger partial charge in [0, 0.05) is 6.07 Å². The minimum absolute atomic E-state index is 0.00144. The molecule has 2 heterocycles. The Morgan fingerprint density at radius 1 is 1.09 bits per heavy atom. The molecular weight excluding hydrogens is 478 g/mol. The molecule has 0 aromatic carbocycles. The SMILES string of the molecule is CC(C)(C)[Si](C)(C)OCC(O[Si](C)(C)C(C)(C)C)c1cnn(-c2ncc([N+](=O)[O-])cc2Cl)n1. The Morgan fingerprint density at radius 2 is 1.67 bits per heavy atom. The van der Waals surface area contributed by atoms with Crippen LogP contribution in [0.15, 0.2) is 18.5 Å². The highest BCUT2D eigenvalue weighted by molar-refractivity contribution is 6.74. The molecule has 0 spiro atoms. The van der Waals surface area contributed by atoms with Gasteiger partial charge in [0.15, 0.2) is 22.5 Å². The van der Waals surface area contributed by atoms with Gasteiger partial charge in [0.05, 0.1) is 22.7 Å². The zero-order valence-corrected chi connectivity index (χ0v) is 24.0. The molecule has 0 bridgehead atoms. The molecule has 0 aliphatic rings. The lowest BCUT2D eigenvalue weighted by molar-refractivity contribution is -0.385. The summed E-state index contributed by atoms with van der Waals surface area (Å²) in [4.78, 5) is 15.8. The van der Waals surface area contributed by atoms with E-state index in [2.05, 4.69) is 82.9 Å². The lowest BCUT2D eigenvalue weighted by Crippen LogP contribution is -2.45. The molecule has 2 aromatic rings. The first-order valence-electron chi connectivity index (χ1n) is 10.9. The molecule has 0 fully saturated rings. The van der Waals surface area contributed by atoms with E-state index in [-0.39, 0.29) is 26.6 Å². The van der Waals surface area contributed by atoms with Crippen LogP contribution in [-0.2, 0) is 8.85 Å². The average Bonchev–Trinajstić information content (AvgIpc) is 3.12. The summed E-state index contributed by atoms with van der Waals surface area (Å²) in [6.45, 7) is 22.3. The third-order valence-corrected chi connectivity index (χ3v) is 16.0. The zero-order chi connectivity index (χ0) is 25.4. The van der Waals surface area contributed by atoms with Crippen molar-refractivity contribution in [3.05, 3.63) is 39.3 Å². The number of pyridine rings is 1. The molecule has 184 valence electrons. The van der Waals surface area contributed by atoms with Crippen LogP contribution in [0.1, 0.15) is 53.3 Å². The second-order valence-corrected chi connectivity index (χ2v) is 21.2. The fourth-order valence-electron chi connectivity index (χ4n) is 2.40. The summed E-state index contributed by atoms with van der Waals surface area (Å²) < 4.78 is 13.2. The molecule has 0 radical (unpaired) electrons. The molecule has 12 heteroatoms. The Labute approximate surface area is 203 Å².